The zero-order valence-corrected chi connectivity index (χ0v) is 10.4. The Labute approximate surface area is 103 Å². The van der Waals surface area contributed by atoms with E-state index < -0.39 is 0 Å². The maximum Gasteiger partial charge on any atom is 0.0592 e. The quantitative estimate of drug-likeness (QED) is 0.795. The van der Waals surface area contributed by atoms with Gasteiger partial charge >= 0.3 is 0 Å². The van der Waals surface area contributed by atoms with E-state index in [0.29, 0.717) is 6.10 Å². The summed E-state index contributed by atoms with van der Waals surface area (Å²) < 4.78 is 5.59. The SMILES string of the molecule is CCNc1cncc(NCCC2CCCO2)c1. The van der Waals surface area contributed by atoms with Gasteiger partial charge in [-0.2, -0.15) is 0 Å². The van der Waals surface area contributed by atoms with Crippen LogP contribution in [0.4, 0.5) is 11.4 Å². The highest BCUT2D eigenvalue weighted by Crippen LogP contribution is 2.16. The van der Waals surface area contributed by atoms with Crippen LogP contribution in [0.15, 0.2) is 18.5 Å². The smallest absolute Gasteiger partial charge is 0.0592 e. The van der Waals surface area contributed by atoms with Crippen molar-refractivity contribution in [2.45, 2.75) is 32.3 Å². The van der Waals surface area contributed by atoms with Crippen molar-refractivity contribution in [2.24, 2.45) is 0 Å². The lowest BCUT2D eigenvalue weighted by molar-refractivity contribution is 0.107. The molecule has 17 heavy (non-hydrogen) atoms. The Morgan fingerprint density at radius 1 is 1.35 bits per heavy atom. The van der Waals surface area contributed by atoms with Gasteiger partial charge < -0.3 is 15.4 Å². The zero-order chi connectivity index (χ0) is 11.9. The number of nitrogens with zero attached hydrogens (tertiary/aromatic N) is 1. The Balaban J connectivity index is 1.75. The van der Waals surface area contributed by atoms with E-state index in [9.17, 15) is 0 Å². The molecule has 1 fully saturated rings. The molecule has 2 heterocycles. The highest BCUT2D eigenvalue weighted by Gasteiger charge is 2.14. The molecule has 94 valence electrons. The Hall–Kier alpha value is -1.29. The first-order chi connectivity index (χ1) is 8.38. The molecule has 1 saturated heterocycles. The van der Waals surface area contributed by atoms with Gasteiger partial charge in [-0.3, -0.25) is 4.98 Å². The average molecular weight is 235 g/mol. The number of ether oxygens (including phenoxy) is 1. The summed E-state index contributed by atoms with van der Waals surface area (Å²) in [5.74, 6) is 0. The predicted molar refractivity (Wildman–Crippen MR) is 70.5 cm³/mol. The first-order valence-electron chi connectivity index (χ1n) is 6.43. The number of aromatic nitrogens is 1. The minimum absolute atomic E-state index is 0.451. The molecular weight excluding hydrogens is 214 g/mol. The maximum absolute atomic E-state index is 5.59. The van der Waals surface area contributed by atoms with Crippen molar-refractivity contribution in [3.8, 4) is 0 Å². The Kier molecular flexibility index (Phi) is 4.62. The van der Waals surface area contributed by atoms with Crippen molar-refractivity contribution < 1.29 is 4.74 Å². The molecule has 0 saturated carbocycles. The van der Waals surface area contributed by atoms with E-state index in [2.05, 4.69) is 28.6 Å². The summed E-state index contributed by atoms with van der Waals surface area (Å²) in [5.41, 5.74) is 2.14. The molecule has 0 aliphatic carbocycles. The van der Waals surface area contributed by atoms with Crippen LogP contribution in [0.2, 0.25) is 0 Å². The van der Waals surface area contributed by atoms with Crippen molar-refractivity contribution in [1.82, 2.24) is 4.98 Å². The van der Waals surface area contributed by atoms with Gasteiger partial charge in [0.05, 0.1) is 29.9 Å². The van der Waals surface area contributed by atoms with Gasteiger partial charge in [0.1, 0.15) is 0 Å². The van der Waals surface area contributed by atoms with E-state index >= 15 is 0 Å². The lowest BCUT2D eigenvalue weighted by atomic mass is 10.2. The minimum Gasteiger partial charge on any atom is -0.384 e. The summed E-state index contributed by atoms with van der Waals surface area (Å²) in [6.45, 7) is 4.88. The van der Waals surface area contributed by atoms with Crippen LogP contribution in [0.1, 0.15) is 26.2 Å². The third-order valence-corrected chi connectivity index (χ3v) is 2.94. The molecule has 1 aliphatic heterocycles. The lowest BCUT2D eigenvalue weighted by Crippen LogP contribution is -2.12. The molecule has 1 aliphatic rings. The molecule has 2 N–H and O–H groups in total. The van der Waals surface area contributed by atoms with Crippen LogP contribution in [0.25, 0.3) is 0 Å². The van der Waals surface area contributed by atoms with Crippen molar-refractivity contribution in [3.05, 3.63) is 18.5 Å². The third kappa shape index (κ3) is 3.89. The van der Waals surface area contributed by atoms with Gasteiger partial charge in [-0.15, -0.1) is 0 Å². The fourth-order valence-corrected chi connectivity index (χ4v) is 2.09. The van der Waals surface area contributed by atoms with Crippen LogP contribution in [-0.4, -0.2) is 30.8 Å². The molecule has 1 unspecified atom stereocenters. The minimum atomic E-state index is 0.451. The van der Waals surface area contributed by atoms with E-state index in [1.165, 1.54) is 12.8 Å². The van der Waals surface area contributed by atoms with E-state index in [0.717, 1.165) is 37.5 Å². The normalized spacial score (nSPS) is 19.2. The van der Waals surface area contributed by atoms with Crippen molar-refractivity contribution in [1.29, 1.82) is 0 Å². The second kappa shape index (κ2) is 6.45. The molecule has 0 spiro atoms. The predicted octanol–water partition coefficient (Wildman–Crippen LogP) is 2.49. The maximum atomic E-state index is 5.59. The van der Waals surface area contributed by atoms with Gasteiger partial charge in [-0.1, -0.05) is 0 Å². The highest BCUT2D eigenvalue weighted by molar-refractivity contribution is 5.53. The van der Waals surface area contributed by atoms with Crippen LogP contribution in [0, 0.1) is 0 Å². The molecule has 0 aromatic carbocycles. The van der Waals surface area contributed by atoms with Gasteiger partial charge in [-0.25, -0.2) is 0 Å². The summed E-state index contributed by atoms with van der Waals surface area (Å²) in [7, 11) is 0. The molecule has 0 radical (unpaired) electrons. The monoisotopic (exact) mass is 235 g/mol. The van der Waals surface area contributed by atoms with Crippen LogP contribution < -0.4 is 10.6 Å². The number of anilines is 2. The molecular formula is C13H21N3O. The molecule has 1 aromatic heterocycles. The topological polar surface area (TPSA) is 46.2 Å². The molecule has 2 rings (SSSR count). The summed E-state index contributed by atoms with van der Waals surface area (Å²) in [4.78, 5) is 4.20. The van der Waals surface area contributed by atoms with E-state index in [1.54, 1.807) is 0 Å². The van der Waals surface area contributed by atoms with E-state index in [1.807, 2.05) is 12.4 Å². The number of rotatable bonds is 6. The van der Waals surface area contributed by atoms with Crippen LogP contribution in [-0.2, 0) is 4.74 Å². The average Bonchev–Trinajstić information content (AvgIpc) is 2.83. The summed E-state index contributed by atoms with van der Waals surface area (Å²) >= 11 is 0. The molecule has 1 atom stereocenters. The number of hydrogen-bond acceptors (Lipinski definition) is 4. The second-order valence-corrected chi connectivity index (χ2v) is 4.34. The largest absolute Gasteiger partial charge is 0.384 e. The number of pyridine rings is 1. The fraction of sp³-hybridized carbons (Fsp3) is 0.615. The number of hydrogen-bond donors (Lipinski definition) is 2. The molecule has 0 bridgehead atoms. The standard InChI is InChI=1S/C13H21N3O/c1-2-15-11-8-12(10-14-9-11)16-6-5-13-4-3-7-17-13/h8-10,13,15-16H,2-7H2,1H3. The summed E-state index contributed by atoms with van der Waals surface area (Å²) in [5, 5.41) is 6.64. The summed E-state index contributed by atoms with van der Waals surface area (Å²) in [6.07, 6.45) is 7.64. The second-order valence-electron chi connectivity index (χ2n) is 4.34. The molecule has 0 amide bonds. The Morgan fingerprint density at radius 2 is 2.18 bits per heavy atom. The van der Waals surface area contributed by atoms with Gasteiger partial charge in [-0.05, 0) is 32.3 Å². The highest BCUT2D eigenvalue weighted by atomic mass is 16.5. The molecule has 4 nitrogen and oxygen atoms in total. The van der Waals surface area contributed by atoms with Gasteiger partial charge in [0.15, 0.2) is 0 Å². The van der Waals surface area contributed by atoms with Crippen molar-refractivity contribution in [3.63, 3.8) is 0 Å². The molecule has 1 aromatic rings. The van der Waals surface area contributed by atoms with E-state index in [-0.39, 0.29) is 0 Å². The van der Waals surface area contributed by atoms with Crippen LogP contribution >= 0.6 is 0 Å². The fourth-order valence-electron chi connectivity index (χ4n) is 2.09. The van der Waals surface area contributed by atoms with Gasteiger partial charge in [0.25, 0.3) is 0 Å². The van der Waals surface area contributed by atoms with Crippen molar-refractivity contribution in [2.75, 3.05) is 30.3 Å². The van der Waals surface area contributed by atoms with Gasteiger partial charge in [0.2, 0.25) is 0 Å². The van der Waals surface area contributed by atoms with Crippen LogP contribution in [0.5, 0.6) is 0 Å². The van der Waals surface area contributed by atoms with Crippen molar-refractivity contribution >= 4 is 11.4 Å². The molecule has 4 heteroatoms. The van der Waals surface area contributed by atoms with E-state index in [4.69, 9.17) is 4.74 Å². The van der Waals surface area contributed by atoms with Crippen LogP contribution in [0.3, 0.4) is 0 Å². The van der Waals surface area contributed by atoms with Gasteiger partial charge in [0, 0.05) is 19.7 Å². The first kappa shape index (κ1) is 12.2. The third-order valence-electron chi connectivity index (χ3n) is 2.94. The first-order valence-corrected chi connectivity index (χ1v) is 6.43. The zero-order valence-electron chi connectivity index (χ0n) is 10.4. The Morgan fingerprint density at radius 3 is 2.88 bits per heavy atom. The number of nitrogens with one attached hydrogen (secondary N) is 2. The lowest BCUT2D eigenvalue weighted by Gasteiger charge is -2.11. The Bertz CT molecular complexity index is 337. The summed E-state index contributed by atoms with van der Waals surface area (Å²) in [6, 6.07) is 2.09.